The molecule has 1 aliphatic carbocycles. The van der Waals surface area contributed by atoms with Gasteiger partial charge in [-0.05, 0) is 73.7 Å². The summed E-state index contributed by atoms with van der Waals surface area (Å²) >= 11 is 0. The SMILES string of the molecule is CCOc1ccc(C(C(=O)NC2CCCC2)N(CCc2ccc(OC)c(OC)c2)C(=O)c2ccco2)cc1. The van der Waals surface area contributed by atoms with Crippen LogP contribution in [0, 0.1) is 0 Å². The van der Waals surface area contributed by atoms with Crippen LogP contribution in [-0.4, -0.2) is 50.1 Å². The van der Waals surface area contributed by atoms with E-state index in [0.717, 1.165) is 31.2 Å². The first-order valence-electron chi connectivity index (χ1n) is 13.1. The molecule has 1 atom stereocenters. The first-order valence-corrected chi connectivity index (χ1v) is 13.1. The van der Waals surface area contributed by atoms with E-state index in [0.29, 0.717) is 35.8 Å². The second kappa shape index (κ2) is 13.0. The van der Waals surface area contributed by atoms with Crippen LogP contribution in [0.1, 0.15) is 60.3 Å². The van der Waals surface area contributed by atoms with Crippen molar-refractivity contribution in [3.8, 4) is 17.2 Å². The Labute approximate surface area is 223 Å². The molecule has 8 heteroatoms. The van der Waals surface area contributed by atoms with E-state index in [2.05, 4.69) is 5.32 Å². The quantitative estimate of drug-likeness (QED) is 0.354. The molecule has 0 spiro atoms. The number of hydrogen-bond acceptors (Lipinski definition) is 6. The van der Waals surface area contributed by atoms with E-state index in [1.165, 1.54) is 6.26 Å². The van der Waals surface area contributed by atoms with E-state index in [-0.39, 0.29) is 30.2 Å². The van der Waals surface area contributed by atoms with Gasteiger partial charge in [0, 0.05) is 12.6 Å². The lowest BCUT2D eigenvalue weighted by Gasteiger charge is -2.32. The summed E-state index contributed by atoms with van der Waals surface area (Å²) in [5.74, 6) is 1.57. The molecule has 3 aromatic rings. The van der Waals surface area contributed by atoms with Crippen molar-refractivity contribution >= 4 is 11.8 Å². The fraction of sp³-hybridized carbons (Fsp3) is 0.400. The van der Waals surface area contributed by atoms with E-state index >= 15 is 0 Å². The minimum Gasteiger partial charge on any atom is -0.494 e. The summed E-state index contributed by atoms with van der Waals surface area (Å²) < 4.78 is 21.9. The summed E-state index contributed by atoms with van der Waals surface area (Å²) in [6.07, 6.45) is 6.03. The van der Waals surface area contributed by atoms with E-state index in [1.807, 2.05) is 49.4 Å². The smallest absolute Gasteiger partial charge is 0.290 e. The Hall–Kier alpha value is -3.94. The molecular formula is C30H36N2O6. The standard InChI is InChI=1S/C30H36N2O6/c1-4-37-24-14-12-22(13-15-24)28(29(33)31-23-8-5-6-9-23)32(30(34)26-10-7-19-38-26)18-17-21-11-16-25(35-2)27(20-21)36-3/h7,10-16,19-20,23,28H,4-6,8-9,17-18H2,1-3H3,(H,31,33). The molecule has 38 heavy (non-hydrogen) atoms. The van der Waals surface area contributed by atoms with Gasteiger partial charge in [-0.3, -0.25) is 9.59 Å². The Morgan fingerprint density at radius 1 is 1.03 bits per heavy atom. The van der Waals surface area contributed by atoms with Crippen LogP contribution in [0.15, 0.2) is 65.3 Å². The highest BCUT2D eigenvalue weighted by Crippen LogP contribution is 2.30. The van der Waals surface area contributed by atoms with Gasteiger partial charge in [-0.2, -0.15) is 0 Å². The molecular weight excluding hydrogens is 484 g/mol. The summed E-state index contributed by atoms with van der Waals surface area (Å²) in [7, 11) is 3.18. The van der Waals surface area contributed by atoms with Crippen molar-refractivity contribution in [1.82, 2.24) is 10.2 Å². The maximum Gasteiger partial charge on any atom is 0.290 e. The second-order valence-electron chi connectivity index (χ2n) is 9.31. The normalized spacial score (nSPS) is 14.1. The number of nitrogens with zero attached hydrogens (tertiary/aromatic N) is 1. The molecule has 1 fully saturated rings. The van der Waals surface area contributed by atoms with E-state index in [4.69, 9.17) is 18.6 Å². The zero-order valence-corrected chi connectivity index (χ0v) is 22.3. The van der Waals surface area contributed by atoms with Crippen molar-refractivity contribution in [3.63, 3.8) is 0 Å². The summed E-state index contributed by atoms with van der Waals surface area (Å²) in [6.45, 7) is 2.74. The highest BCUT2D eigenvalue weighted by molar-refractivity contribution is 5.96. The van der Waals surface area contributed by atoms with Crippen LogP contribution in [0.4, 0.5) is 0 Å². The number of methoxy groups -OCH3 is 2. The van der Waals surface area contributed by atoms with Gasteiger partial charge < -0.3 is 28.8 Å². The van der Waals surface area contributed by atoms with E-state index in [1.54, 1.807) is 31.3 Å². The molecule has 0 bridgehead atoms. The van der Waals surface area contributed by atoms with Gasteiger partial charge in [0.1, 0.15) is 11.8 Å². The highest BCUT2D eigenvalue weighted by atomic mass is 16.5. The number of rotatable bonds is 12. The number of furan rings is 1. The number of amides is 2. The zero-order chi connectivity index (χ0) is 26.9. The van der Waals surface area contributed by atoms with Crippen LogP contribution < -0.4 is 19.5 Å². The minimum atomic E-state index is -0.843. The monoisotopic (exact) mass is 520 g/mol. The van der Waals surface area contributed by atoms with Crippen molar-refractivity contribution in [2.24, 2.45) is 0 Å². The maximum absolute atomic E-state index is 13.8. The van der Waals surface area contributed by atoms with Crippen LogP contribution in [0.5, 0.6) is 17.2 Å². The van der Waals surface area contributed by atoms with Crippen LogP contribution in [0.2, 0.25) is 0 Å². The van der Waals surface area contributed by atoms with Crippen LogP contribution in [-0.2, 0) is 11.2 Å². The Morgan fingerprint density at radius 2 is 1.76 bits per heavy atom. The van der Waals surface area contributed by atoms with Gasteiger partial charge in [-0.15, -0.1) is 0 Å². The predicted molar refractivity (Wildman–Crippen MR) is 144 cm³/mol. The summed E-state index contributed by atoms with van der Waals surface area (Å²) in [5.41, 5.74) is 1.65. The zero-order valence-electron chi connectivity index (χ0n) is 22.3. The lowest BCUT2D eigenvalue weighted by molar-refractivity contribution is -0.126. The van der Waals surface area contributed by atoms with Gasteiger partial charge in [0.2, 0.25) is 5.91 Å². The fourth-order valence-corrected chi connectivity index (χ4v) is 4.91. The van der Waals surface area contributed by atoms with Crippen LogP contribution in [0.25, 0.3) is 0 Å². The second-order valence-corrected chi connectivity index (χ2v) is 9.31. The Morgan fingerprint density at radius 3 is 2.39 bits per heavy atom. The van der Waals surface area contributed by atoms with Gasteiger partial charge in [0.05, 0.1) is 27.1 Å². The fourth-order valence-electron chi connectivity index (χ4n) is 4.91. The maximum atomic E-state index is 13.8. The number of carbonyl (C=O) groups is 2. The third-order valence-corrected chi connectivity index (χ3v) is 6.85. The summed E-state index contributed by atoms with van der Waals surface area (Å²) in [4.78, 5) is 29.2. The van der Waals surface area contributed by atoms with Crippen molar-refractivity contribution in [2.45, 2.75) is 51.1 Å². The number of ether oxygens (including phenoxy) is 3. The average Bonchev–Trinajstić information content (AvgIpc) is 3.66. The van der Waals surface area contributed by atoms with Gasteiger partial charge in [-0.25, -0.2) is 0 Å². The van der Waals surface area contributed by atoms with E-state index in [9.17, 15) is 9.59 Å². The average molecular weight is 521 g/mol. The Bertz CT molecular complexity index is 1190. The topological polar surface area (TPSA) is 90.2 Å². The first-order chi connectivity index (χ1) is 18.5. The summed E-state index contributed by atoms with van der Waals surface area (Å²) in [6, 6.07) is 15.6. The first kappa shape index (κ1) is 27.1. The molecule has 2 aromatic carbocycles. The van der Waals surface area contributed by atoms with Gasteiger partial charge >= 0.3 is 0 Å². The molecule has 202 valence electrons. The number of nitrogens with one attached hydrogen (secondary N) is 1. The van der Waals surface area contributed by atoms with Crippen molar-refractivity contribution in [2.75, 3.05) is 27.4 Å². The predicted octanol–water partition coefficient (Wildman–Crippen LogP) is 5.18. The molecule has 4 rings (SSSR count). The number of carbonyl (C=O) groups excluding carboxylic acids is 2. The Balaban J connectivity index is 1.68. The van der Waals surface area contributed by atoms with Crippen LogP contribution >= 0.6 is 0 Å². The lowest BCUT2D eigenvalue weighted by atomic mass is 10.0. The molecule has 1 saturated carbocycles. The largest absolute Gasteiger partial charge is 0.494 e. The highest BCUT2D eigenvalue weighted by Gasteiger charge is 2.34. The molecule has 1 aromatic heterocycles. The molecule has 8 nitrogen and oxygen atoms in total. The summed E-state index contributed by atoms with van der Waals surface area (Å²) in [5, 5.41) is 3.20. The Kier molecular flexibility index (Phi) is 9.30. The third-order valence-electron chi connectivity index (χ3n) is 6.85. The van der Waals surface area contributed by atoms with Crippen molar-refractivity contribution in [3.05, 3.63) is 77.7 Å². The third kappa shape index (κ3) is 6.49. The molecule has 1 aliphatic rings. The molecule has 0 radical (unpaired) electrons. The molecule has 1 unspecified atom stereocenters. The minimum absolute atomic E-state index is 0.110. The van der Waals surface area contributed by atoms with Crippen molar-refractivity contribution < 1.29 is 28.2 Å². The molecule has 0 aliphatic heterocycles. The molecule has 1 heterocycles. The van der Waals surface area contributed by atoms with Gasteiger partial charge in [0.15, 0.2) is 17.3 Å². The van der Waals surface area contributed by atoms with E-state index < -0.39 is 6.04 Å². The molecule has 0 saturated heterocycles. The van der Waals surface area contributed by atoms with Crippen LogP contribution in [0.3, 0.4) is 0 Å². The lowest BCUT2D eigenvalue weighted by Crippen LogP contribution is -2.46. The number of hydrogen-bond donors (Lipinski definition) is 1. The van der Waals surface area contributed by atoms with Crippen molar-refractivity contribution in [1.29, 1.82) is 0 Å². The van der Waals surface area contributed by atoms with Gasteiger partial charge in [0.25, 0.3) is 5.91 Å². The molecule has 1 N–H and O–H groups in total. The number of benzene rings is 2. The van der Waals surface area contributed by atoms with Gasteiger partial charge in [-0.1, -0.05) is 31.0 Å². The molecule has 2 amide bonds.